The van der Waals surface area contributed by atoms with E-state index in [2.05, 4.69) is 18.2 Å². The lowest BCUT2D eigenvalue weighted by molar-refractivity contribution is 0.0890. The summed E-state index contributed by atoms with van der Waals surface area (Å²) in [5.74, 6) is 1.05. The molecule has 0 saturated carbocycles. The number of ether oxygens (including phenoxy) is 1. The maximum Gasteiger partial charge on any atom is 0.231 e. The maximum atomic E-state index is 12.4. The van der Waals surface area contributed by atoms with Gasteiger partial charge in [0.2, 0.25) is 5.91 Å². The van der Waals surface area contributed by atoms with Crippen LogP contribution in [0.15, 0.2) is 48.5 Å². The number of para-hydroxylation sites is 1. The Morgan fingerprint density at radius 1 is 1.00 bits per heavy atom. The predicted octanol–water partition coefficient (Wildman–Crippen LogP) is 4.29. The van der Waals surface area contributed by atoms with Crippen molar-refractivity contribution in [3.8, 4) is 16.9 Å². The van der Waals surface area contributed by atoms with Gasteiger partial charge < -0.3 is 4.74 Å². The molecule has 0 unspecified atom stereocenters. The number of methoxy groups -OCH3 is 1. The number of rotatable bonds is 2. The minimum absolute atomic E-state index is 0.206. The van der Waals surface area contributed by atoms with Crippen LogP contribution >= 0.6 is 0 Å². The fraction of sp³-hybridized carbons (Fsp3) is 0.211. The molecule has 0 aliphatic carbocycles. The summed E-state index contributed by atoms with van der Waals surface area (Å²) >= 11 is 0. The highest BCUT2D eigenvalue weighted by Gasteiger charge is 2.24. The summed E-state index contributed by atoms with van der Waals surface area (Å²) in [6.45, 7) is 0. The first kappa shape index (κ1) is 13.1. The first-order valence-electron chi connectivity index (χ1n) is 7.59. The van der Waals surface area contributed by atoms with Crippen LogP contribution in [0.1, 0.15) is 23.3 Å². The third kappa shape index (κ3) is 1.86. The third-order valence-corrected chi connectivity index (χ3v) is 4.41. The maximum absolute atomic E-state index is 12.4. The number of aromatic nitrogens is 1. The molecule has 1 aromatic heterocycles. The fourth-order valence-electron chi connectivity index (χ4n) is 3.41. The molecule has 0 amide bonds. The molecule has 0 bridgehead atoms. The van der Waals surface area contributed by atoms with E-state index in [1.165, 1.54) is 5.56 Å². The molecular formula is C19H17NO2. The average molecular weight is 291 g/mol. The van der Waals surface area contributed by atoms with E-state index >= 15 is 0 Å². The zero-order valence-corrected chi connectivity index (χ0v) is 12.5. The third-order valence-electron chi connectivity index (χ3n) is 4.41. The summed E-state index contributed by atoms with van der Waals surface area (Å²) < 4.78 is 7.16. The van der Waals surface area contributed by atoms with Crippen LogP contribution in [0.3, 0.4) is 0 Å². The zero-order chi connectivity index (χ0) is 15.1. The summed E-state index contributed by atoms with van der Waals surface area (Å²) in [4.78, 5) is 12.4. The van der Waals surface area contributed by atoms with Gasteiger partial charge in [0.25, 0.3) is 0 Å². The second kappa shape index (κ2) is 5.02. The Kier molecular flexibility index (Phi) is 3.00. The molecule has 1 aliphatic heterocycles. The number of nitrogens with zero attached hydrogens (tertiary/aromatic N) is 1. The normalized spacial score (nSPS) is 14.1. The van der Waals surface area contributed by atoms with Crippen LogP contribution in [0.5, 0.6) is 5.75 Å². The number of carbonyl (C=O) groups excluding carboxylic acids is 1. The molecule has 2 heterocycles. The second-order valence-electron chi connectivity index (χ2n) is 5.65. The van der Waals surface area contributed by atoms with Crippen LogP contribution in [0.4, 0.5) is 0 Å². The van der Waals surface area contributed by atoms with E-state index in [9.17, 15) is 4.79 Å². The molecule has 0 fully saturated rings. The molecule has 0 spiro atoms. The van der Waals surface area contributed by atoms with Gasteiger partial charge in [-0.1, -0.05) is 30.3 Å². The molecule has 110 valence electrons. The van der Waals surface area contributed by atoms with Crippen LogP contribution in [-0.4, -0.2) is 17.6 Å². The molecule has 3 nitrogen and oxygen atoms in total. The van der Waals surface area contributed by atoms with Crippen molar-refractivity contribution in [2.75, 3.05) is 7.11 Å². The Labute approximate surface area is 129 Å². The van der Waals surface area contributed by atoms with Crippen molar-refractivity contribution < 1.29 is 9.53 Å². The van der Waals surface area contributed by atoms with Crippen LogP contribution < -0.4 is 4.74 Å². The molecule has 2 aromatic carbocycles. The SMILES string of the molecule is COc1ccc(-c2c3n(c4ccccc24)C(=O)CCC3)cc1. The summed E-state index contributed by atoms with van der Waals surface area (Å²) in [5.41, 5.74) is 4.49. The summed E-state index contributed by atoms with van der Waals surface area (Å²) in [5, 5.41) is 1.15. The van der Waals surface area contributed by atoms with Crippen molar-refractivity contribution in [3.05, 3.63) is 54.2 Å². The molecular weight excluding hydrogens is 274 g/mol. The van der Waals surface area contributed by atoms with Crippen molar-refractivity contribution in [1.82, 2.24) is 4.57 Å². The highest BCUT2D eigenvalue weighted by Crippen LogP contribution is 2.38. The van der Waals surface area contributed by atoms with E-state index in [4.69, 9.17) is 4.74 Å². The van der Waals surface area contributed by atoms with Gasteiger partial charge in [-0.25, -0.2) is 0 Å². The van der Waals surface area contributed by atoms with E-state index in [-0.39, 0.29) is 5.91 Å². The lowest BCUT2D eigenvalue weighted by Gasteiger charge is -2.16. The van der Waals surface area contributed by atoms with E-state index < -0.39 is 0 Å². The van der Waals surface area contributed by atoms with E-state index in [1.807, 2.05) is 34.9 Å². The molecule has 3 aromatic rings. The van der Waals surface area contributed by atoms with Crippen LogP contribution in [-0.2, 0) is 6.42 Å². The van der Waals surface area contributed by atoms with Crippen molar-refractivity contribution in [1.29, 1.82) is 0 Å². The molecule has 4 rings (SSSR count). The van der Waals surface area contributed by atoms with Crippen molar-refractivity contribution in [2.24, 2.45) is 0 Å². The van der Waals surface area contributed by atoms with Gasteiger partial charge in [0.1, 0.15) is 5.75 Å². The number of hydrogen-bond donors (Lipinski definition) is 0. The minimum Gasteiger partial charge on any atom is -0.497 e. The number of benzene rings is 2. The molecule has 0 saturated heterocycles. The standard InChI is InChI=1S/C19H17NO2/c1-22-14-11-9-13(10-12-14)19-15-5-2-3-6-16(15)20-17(19)7-4-8-18(20)21/h2-3,5-6,9-12H,4,7-8H2,1H3. The topological polar surface area (TPSA) is 31.2 Å². The lowest BCUT2D eigenvalue weighted by Crippen LogP contribution is -2.18. The van der Waals surface area contributed by atoms with Crippen molar-refractivity contribution >= 4 is 16.8 Å². The molecule has 22 heavy (non-hydrogen) atoms. The quantitative estimate of drug-likeness (QED) is 0.705. The summed E-state index contributed by atoms with van der Waals surface area (Å²) in [7, 11) is 1.67. The van der Waals surface area contributed by atoms with Gasteiger partial charge in [0.15, 0.2) is 0 Å². The largest absolute Gasteiger partial charge is 0.497 e. The summed E-state index contributed by atoms with van der Waals surface area (Å²) in [6.07, 6.45) is 2.51. The van der Waals surface area contributed by atoms with Crippen LogP contribution in [0, 0.1) is 0 Å². The number of fused-ring (bicyclic) bond motifs is 3. The molecule has 3 heteroatoms. The van der Waals surface area contributed by atoms with Gasteiger partial charge in [-0.05, 0) is 36.6 Å². The van der Waals surface area contributed by atoms with Crippen molar-refractivity contribution in [2.45, 2.75) is 19.3 Å². The smallest absolute Gasteiger partial charge is 0.231 e. The minimum atomic E-state index is 0.206. The monoisotopic (exact) mass is 291 g/mol. The average Bonchev–Trinajstić information content (AvgIpc) is 2.90. The van der Waals surface area contributed by atoms with Gasteiger partial charge in [0.05, 0.1) is 12.6 Å². The lowest BCUT2D eigenvalue weighted by atomic mass is 9.98. The van der Waals surface area contributed by atoms with Gasteiger partial charge >= 0.3 is 0 Å². The van der Waals surface area contributed by atoms with E-state index in [1.54, 1.807) is 7.11 Å². The number of carbonyl (C=O) groups is 1. The van der Waals surface area contributed by atoms with Gasteiger partial charge in [-0.3, -0.25) is 9.36 Å². The Morgan fingerprint density at radius 3 is 2.55 bits per heavy atom. The Bertz CT molecular complexity index is 859. The Balaban J connectivity index is 2.02. The molecule has 0 N–H and O–H groups in total. The predicted molar refractivity (Wildman–Crippen MR) is 87.5 cm³/mol. The molecule has 0 atom stereocenters. The zero-order valence-electron chi connectivity index (χ0n) is 12.5. The first-order valence-corrected chi connectivity index (χ1v) is 7.59. The highest BCUT2D eigenvalue weighted by molar-refractivity contribution is 6.04. The van der Waals surface area contributed by atoms with Gasteiger partial charge in [-0.2, -0.15) is 0 Å². The van der Waals surface area contributed by atoms with Crippen molar-refractivity contribution in [3.63, 3.8) is 0 Å². The second-order valence-corrected chi connectivity index (χ2v) is 5.65. The molecule has 0 radical (unpaired) electrons. The first-order chi connectivity index (χ1) is 10.8. The Hall–Kier alpha value is -2.55. The fourth-order valence-corrected chi connectivity index (χ4v) is 3.41. The van der Waals surface area contributed by atoms with Crippen LogP contribution in [0.2, 0.25) is 0 Å². The van der Waals surface area contributed by atoms with Crippen LogP contribution in [0.25, 0.3) is 22.0 Å². The van der Waals surface area contributed by atoms with Gasteiger partial charge in [-0.15, -0.1) is 0 Å². The Morgan fingerprint density at radius 2 is 1.77 bits per heavy atom. The van der Waals surface area contributed by atoms with E-state index in [0.717, 1.165) is 40.8 Å². The van der Waals surface area contributed by atoms with E-state index in [0.29, 0.717) is 6.42 Å². The highest BCUT2D eigenvalue weighted by atomic mass is 16.5. The molecule has 1 aliphatic rings. The summed E-state index contributed by atoms with van der Waals surface area (Å²) in [6, 6.07) is 16.3. The number of hydrogen-bond acceptors (Lipinski definition) is 2. The van der Waals surface area contributed by atoms with Gasteiger partial charge in [0, 0.05) is 23.1 Å².